The summed E-state index contributed by atoms with van der Waals surface area (Å²) < 4.78 is 44.1. The van der Waals surface area contributed by atoms with Crippen LogP contribution in [-0.2, 0) is 55.7 Å². The fourth-order valence-corrected chi connectivity index (χ4v) is 5.04. The van der Waals surface area contributed by atoms with Crippen LogP contribution >= 0.6 is 0 Å². The summed E-state index contributed by atoms with van der Waals surface area (Å²) in [4.78, 5) is 61.0. The Morgan fingerprint density at radius 2 is 1.47 bits per heavy atom. The lowest BCUT2D eigenvalue weighted by Gasteiger charge is -2.44. The van der Waals surface area contributed by atoms with Gasteiger partial charge in [0.05, 0.1) is 5.56 Å². The number of rotatable bonds is 11. The van der Waals surface area contributed by atoms with Gasteiger partial charge in [0, 0.05) is 39.7 Å². The largest absolute Gasteiger partial charge is 0.507 e. The van der Waals surface area contributed by atoms with Crippen molar-refractivity contribution < 1.29 is 67.0 Å². The van der Waals surface area contributed by atoms with Crippen LogP contribution in [0.1, 0.15) is 56.1 Å². The summed E-state index contributed by atoms with van der Waals surface area (Å²) in [5, 5.41) is 11.2. The number of carbonyl (C=O) groups excluding carboxylic acids is 5. The third-order valence-corrected chi connectivity index (χ3v) is 6.89. The van der Waals surface area contributed by atoms with Gasteiger partial charge in [-0.2, -0.15) is 0 Å². The maximum Gasteiger partial charge on any atom is 0.303 e. The van der Waals surface area contributed by atoms with Gasteiger partial charge in [0.1, 0.15) is 24.2 Å². The summed E-state index contributed by atoms with van der Waals surface area (Å²) in [5.41, 5.74) is 0.928. The van der Waals surface area contributed by atoms with Crippen molar-refractivity contribution >= 4 is 29.7 Å². The molecule has 0 saturated carbocycles. The number of phenolic OH excluding ortho intramolecular Hbond substituents is 1. The first kappa shape index (κ1) is 33.1. The molecule has 4 rings (SSSR count). The van der Waals surface area contributed by atoms with Crippen LogP contribution < -0.4 is 14.2 Å². The summed E-state index contributed by atoms with van der Waals surface area (Å²) >= 11 is 0. The molecule has 0 amide bonds. The Morgan fingerprint density at radius 3 is 2.11 bits per heavy atom. The standard InChI is InChI=1S/C31H34O14/c1-6-20-23(10-8-21(27(20)37)22(36)11-19-7-9-24-25(12-19)40-14-39-24)44-31-30(43-18(5)35)29(42-17(4)34)28(41-16(3)33)26(45-31)13-38-15(2)32/h7-10,12,26,28-31,37H,6,11,13-14H2,1-5H3/t26-,28+,29-,30+,31-/m1/s1. The van der Waals surface area contributed by atoms with Gasteiger partial charge < -0.3 is 43.0 Å². The molecule has 0 aromatic heterocycles. The number of hydrogen-bond acceptors (Lipinski definition) is 14. The molecule has 1 N–H and O–H groups in total. The van der Waals surface area contributed by atoms with E-state index >= 15 is 0 Å². The fraction of sp³-hybridized carbons (Fsp3) is 0.452. The highest BCUT2D eigenvalue weighted by Crippen LogP contribution is 2.37. The summed E-state index contributed by atoms with van der Waals surface area (Å²) in [6.07, 6.45) is -6.82. The molecule has 0 unspecified atom stereocenters. The van der Waals surface area contributed by atoms with Gasteiger partial charge in [-0.05, 0) is 36.2 Å². The molecular formula is C31H34O14. The molecule has 14 nitrogen and oxygen atoms in total. The number of hydrogen-bond donors (Lipinski definition) is 1. The molecule has 2 aliphatic rings. The summed E-state index contributed by atoms with van der Waals surface area (Å²) in [7, 11) is 0. The van der Waals surface area contributed by atoms with Crippen LogP contribution in [0.5, 0.6) is 23.0 Å². The van der Waals surface area contributed by atoms with E-state index in [9.17, 15) is 29.1 Å². The van der Waals surface area contributed by atoms with E-state index in [1.54, 1.807) is 25.1 Å². The van der Waals surface area contributed by atoms with E-state index in [4.69, 9.17) is 37.9 Å². The first-order chi connectivity index (χ1) is 21.4. The summed E-state index contributed by atoms with van der Waals surface area (Å²) in [6, 6.07) is 7.95. The zero-order valence-electron chi connectivity index (χ0n) is 25.4. The van der Waals surface area contributed by atoms with E-state index in [-0.39, 0.29) is 48.0 Å². The maximum atomic E-state index is 13.2. The van der Waals surface area contributed by atoms with Gasteiger partial charge >= 0.3 is 23.9 Å². The smallest absolute Gasteiger partial charge is 0.303 e. The van der Waals surface area contributed by atoms with Crippen molar-refractivity contribution in [3.8, 4) is 23.0 Å². The minimum Gasteiger partial charge on any atom is -0.507 e. The lowest BCUT2D eigenvalue weighted by molar-refractivity contribution is -0.288. The highest BCUT2D eigenvalue weighted by Gasteiger charge is 2.53. The second-order valence-electron chi connectivity index (χ2n) is 10.3. The van der Waals surface area contributed by atoms with Crippen molar-refractivity contribution in [1.82, 2.24) is 0 Å². The second-order valence-corrected chi connectivity index (χ2v) is 10.3. The Balaban J connectivity index is 1.65. The van der Waals surface area contributed by atoms with Crippen molar-refractivity contribution in [3.05, 3.63) is 47.0 Å². The number of fused-ring (bicyclic) bond motifs is 1. The molecule has 14 heteroatoms. The number of ketones is 1. The summed E-state index contributed by atoms with van der Waals surface area (Å²) in [5.74, 6) is -2.56. The average Bonchev–Trinajstić information content (AvgIpc) is 3.42. The molecule has 5 atom stereocenters. The molecule has 2 aliphatic heterocycles. The third kappa shape index (κ3) is 8.01. The SMILES string of the molecule is CCc1c(O[C@@H]2O[C@H](COC(C)=O)[C@H](OC(C)=O)[C@@H](OC(C)=O)[C@@H]2OC(C)=O)ccc(C(=O)Cc2ccc3c(c2)OCO3)c1O. The maximum absolute atomic E-state index is 13.2. The highest BCUT2D eigenvalue weighted by molar-refractivity contribution is 6.00. The van der Waals surface area contributed by atoms with Crippen LogP contribution in [0.4, 0.5) is 0 Å². The first-order valence-electron chi connectivity index (χ1n) is 14.1. The van der Waals surface area contributed by atoms with Gasteiger partial charge in [0.2, 0.25) is 19.2 Å². The summed E-state index contributed by atoms with van der Waals surface area (Å²) in [6.45, 7) is 5.87. The highest BCUT2D eigenvalue weighted by atomic mass is 16.7. The Morgan fingerprint density at radius 1 is 0.822 bits per heavy atom. The second kappa shape index (κ2) is 14.3. The van der Waals surface area contributed by atoms with Crippen molar-refractivity contribution in [2.75, 3.05) is 13.4 Å². The molecule has 1 fully saturated rings. The van der Waals surface area contributed by atoms with Crippen molar-refractivity contribution in [3.63, 3.8) is 0 Å². The van der Waals surface area contributed by atoms with Crippen LogP contribution in [0, 0.1) is 0 Å². The van der Waals surface area contributed by atoms with E-state index in [2.05, 4.69) is 0 Å². The Hall–Kier alpha value is -4.85. The Kier molecular flexibility index (Phi) is 10.5. The molecule has 0 bridgehead atoms. The van der Waals surface area contributed by atoms with Crippen molar-refractivity contribution in [2.45, 2.75) is 78.2 Å². The van der Waals surface area contributed by atoms with Crippen LogP contribution in [-0.4, -0.2) is 78.9 Å². The molecule has 0 aliphatic carbocycles. The molecule has 1 saturated heterocycles. The number of benzene rings is 2. The molecule has 0 radical (unpaired) electrons. The predicted molar refractivity (Wildman–Crippen MR) is 151 cm³/mol. The molecular weight excluding hydrogens is 596 g/mol. The predicted octanol–water partition coefficient (Wildman–Crippen LogP) is 2.57. The molecule has 0 spiro atoms. The molecule has 2 aromatic rings. The van der Waals surface area contributed by atoms with E-state index in [0.717, 1.165) is 27.7 Å². The van der Waals surface area contributed by atoms with E-state index in [0.29, 0.717) is 17.1 Å². The molecule has 2 aromatic carbocycles. The number of ether oxygens (including phenoxy) is 8. The topological polar surface area (TPSA) is 179 Å². The lowest BCUT2D eigenvalue weighted by Crippen LogP contribution is -2.63. The van der Waals surface area contributed by atoms with E-state index in [1.807, 2.05) is 0 Å². The average molecular weight is 631 g/mol. The van der Waals surface area contributed by atoms with Crippen molar-refractivity contribution in [2.24, 2.45) is 0 Å². The van der Waals surface area contributed by atoms with Crippen LogP contribution in [0.15, 0.2) is 30.3 Å². The van der Waals surface area contributed by atoms with E-state index < -0.39 is 61.2 Å². The zero-order valence-corrected chi connectivity index (χ0v) is 25.4. The molecule has 2 heterocycles. The Bertz CT molecular complexity index is 1470. The normalized spacial score (nSPS) is 21.8. The van der Waals surface area contributed by atoms with Gasteiger partial charge in [0.25, 0.3) is 0 Å². The Labute approximate surface area is 258 Å². The van der Waals surface area contributed by atoms with Gasteiger partial charge in [-0.3, -0.25) is 24.0 Å². The fourth-order valence-electron chi connectivity index (χ4n) is 5.04. The number of phenols is 1. The van der Waals surface area contributed by atoms with Crippen molar-refractivity contribution in [1.29, 1.82) is 0 Å². The first-order valence-corrected chi connectivity index (χ1v) is 14.1. The molecule has 45 heavy (non-hydrogen) atoms. The monoisotopic (exact) mass is 630 g/mol. The minimum atomic E-state index is -1.51. The van der Waals surface area contributed by atoms with E-state index in [1.165, 1.54) is 12.1 Å². The third-order valence-electron chi connectivity index (χ3n) is 6.89. The van der Waals surface area contributed by atoms with Crippen LogP contribution in [0.2, 0.25) is 0 Å². The van der Waals surface area contributed by atoms with Crippen LogP contribution in [0.25, 0.3) is 0 Å². The quantitative estimate of drug-likeness (QED) is 0.217. The van der Waals surface area contributed by atoms with Crippen LogP contribution in [0.3, 0.4) is 0 Å². The minimum absolute atomic E-state index is 0.0345. The van der Waals surface area contributed by atoms with Gasteiger partial charge in [-0.15, -0.1) is 0 Å². The number of Topliss-reactive ketones (excluding diaryl/α,β-unsaturated/α-hetero) is 1. The van der Waals surface area contributed by atoms with Gasteiger partial charge in [0.15, 0.2) is 29.5 Å². The van der Waals surface area contributed by atoms with Gasteiger partial charge in [-0.1, -0.05) is 13.0 Å². The zero-order chi connectivity index (χ0) is 32.8. The molecule has 242 valence electrons. The lowest BCUT2D eigenvalue weighted by atomic mass is 9.97. The number of aromatic hydroxyl groups is 1. The van der Waals surface area contributed by atoms with Gasteiger partial charge in [-0.25, -0.2) is 0 Å². The number of esters is 4. The number of carbonyl (C=O) groups is 5.